The number of nitrogens with zero attached hydrogens (tertiary/aromatic N) is 2. The molecule has 0 amide bonds. The van der Waals surface area contributed by atoms with E-state index in [-0.39, 0.29) is 25.0 Å². The summed E-state index contributed by atoms with van der Waals surface area (Å²) < 4.78 is 14.5. The molecule has 0 atom stereocenters. The molecule has 0 aromatic heterocycles. The van der Waals surface area contributed by atoms with Crippen LogP contribution in [0.25, 0.3) is 0 Å². The summed E-state index contributed by atoms with van der Waals surface area (Å²) in [5.41, 5.74) is 0. The van der Waals surface area contributed by atoms with Crippen molar-refractivity contribution in [3.63, 3.8) is 0 Å². The Morgan fingerprint density at radius 2 is 1.63 bits per heavy atom. The second-order valence-electron chi connectivity index (χ2n) is 4.32. The molecule has 7 nitrogen and oxygen atoms in total. The Labute approximate surface area is 113 Å². The molecule has 1 rings (SSSR count). The smallest absolute Gasteiger partial charge is 0.319 e. The molecule has 0 aliphatic carbocycles. The van der Waals surface area contributed by atoms with Gasteiger partial charge in [0.25, 0.3) is 0 Å². The van der Waals surface area contributed by atoms with Gasteiger partial charge in [-0.1, -0.05) is 0 Å². The highest BCUT2D eigenvalue weighted by Gasteiger charge is 2.17. The van der Waals surface area contributed by atoms with E-state index in [1.165, 1.54) is 14.2 Å². The van der Waals surface area contributed by atoms with E-state index in [9.17, 15) is 9.59 Å². The van der Waals surface area contributed by atoms with Crippen molar-refractivity contribution in [2.75, 3.05) is 66.7 Å². The van der Waals surface area contributed by atoms with E-state index < -0.39 is 0 Å². The molecule has 7 heteroatoms. The van der Waals surface area contributed by atoms with Crippen LogP contribution in [0.4, 0.5) is 0 Å². The number of carbonyl (C=O) groups is 2. The van der Waals surface area contributed by atoms with Gasteiger partial charge in [-0.3, -0.25) is 19.4 Å². The van der Waals surface area contributed by atoms with Crippen LogP contribution < -0.4 is 0 Å². The molecule has 1 heterocycles. The fraction of sp³-hybridized carbons (Fsp3) is 0.833. The summed E-state index contributed by atoms with van der Waals surface area (Å²) in [6.07, 6.45) is 0. The minimum absolute atomic E-state index is 0.0932. The standard InChI is InChI=1S/C12H22N2O5/c1-17-11(15)9-14(10-12(16)18-2)4-3-13-5-7-19-8-6-13/h3-10H2,1-2H3. The molecule has 0 saturated carbocycles. The maximum atomic E-state index is 11.3. The zero-order valence-electron chi connectivity index (χ0n) is 11.6. The highest BCUT2D eigenvalue weighted by Crippen LogP contribution is 1.98. The molecule has 0 N–H and O–H groups in total. The lowest BCUT2D eigenvalue weighted by Gasteiger charge is -2.29. The third-order valence-corrected chi connectivity index (χ3v) is 3.00. The zero-order valence-corrected chi connectivity index (χ0v) is 11.6. The second kappa shape index (κ2) is 8.84. The van der Waals surface area contributed by atoms with Crippen LogP contribution in [0, 0.1) is 0 Å². The van der Waals surface area contributed by atoms with Gasteiger partial charge in [-0.05, 0) is 0 Å². The van der Waals surface area contributed by atoms with Gasteiger partial charge in [-0.2, -0.15) is 0 Å². The van der Waals surface area contributed by atoms with E-state index in [2.05, 4.69) is 14.4 Å². The SMILES string of the molecule is COC(=O)CN(CCN1CCOCC1)CC(=O)OC. The molecule has 110 valence electrons. The van der Waals surface area contributed by atoms with Gasteiger partial charge in [-0.15, -0.1) is 0 Å². The van der Waals surface area contributed by atoms with Gasteiger partial charge < -0.3 is 14.2 Å². The lowest BCUT2D eigenvalue weighted by Crippen LogP contribution is -2.44. The Balaban J connectivity index is 2.38. The van der Waals surface area contributed by atoms with Gasteiger partial charge in [0.05, 0.1) is 40.5 Å². The maximum Gasteiger partial charge on any atom is 0.319 e. The van der Waals surface area contributed by atoms with Crippen LogP contribution >= 0.6 is 0 Å². The van der Waals surface area contributed by atoms with Crippen molar-refractivity contribution in [1.82, 2.24) is 9.80 Å². The van der Waals surface area contributed by atoms with Crippen LogP contribution in [0.2, 0.25) is 0 Å². The number of ether oxygens (including phenoxy) is 3. The molecule has 0 bridgehead atoms. The van der Waals surface area contributed by atoms with E-state index in [0.29, 0.717) is 6.54 Å². The fourth-order valence-electron chi connectivity index (χ4n) is 1.82. The first-order chi connectivity index (χ1) is 9.15. The van der Waals surface area contributed by atoms with Crippen LogP contribution in [0.15, 0.2) is 0 Å². The Hall–Kier alpha value is -1.18. The lowest BCUT2D eigenvalue weighted by molar-refractivity contribution is -0.145. The minimum atomic E-state index is -0.356. The summed E-state index contributed by atoms with van der Waals surface area (Å²) >= 11 is 0. The average Bonchev–Trinajstić information content (AvgIpc) is 2.45. The Morgan fingerprint density at radius 3 is 2.11 bits per heavy atom. The lowest BCUT2D eigenvalue weighted by atomic mass is 10.3. The fourth-order valence-corrected chi connectivity index (χ4v) is 1.82. The number of hydrogen-bond donors (Lipinski definition) is 0. The van der Waals surface area contributed by atoms with Gasteiger partial charge in [0, 0.05) is 26.2 Å². The number of morpholine rings is 1. The molecule has 1 aliphatic heterocycles. The maximum absolute atomic E-state index is 11.3. The number of esters is 2. The first kappa shape index (κ1) is 15.9. The minimum Gasteiger partial charge on any atom is -0.468 e. The van der Waals surface area contributed by atoms with Crippen LogP contribution in [0.3, 0.4) is 0 Å². The van der Waals surface area contributed by atoms with Gasteiger partial charge in [0.15, 0.2) is 0 Å². The number of rotatable bonds is 7. The van der Waals surface area contributed by atoms with Gasteiger partial charge in [0.2, 0.25) is 0 Å². The summed E-state index contributed by atoms with van der Waals surface area (Å²) in [7, 11) is 2.67. The monoisotopic (exact) mass is 274 g/mol. The summed E-state index contributed by atoms with van der Waals surface area (Å²) in [6.45, 7) is 4.81. The van der Waals surface area contributed by atoms with E-state index in [1.54, 1.807) is 4.90 Å². The normalized spacial score (nSPS) is 16.4. The average molecular weight is 274 g/mol. The van der Waals surface area contributed by atoms with Crippen LogP contribution in [0.1, 0.15) is 0 Å². The molecule has 1 aliphatic rings. The number of carbonyl (C=O) groups excluding carboxylic acids is 2. The highest BCUT2D eigenvalue weighted by atomic mass is 16.5. The number of methoxy groups -OCH3 is 2. The van der Waals surface area contributed by atoms with Crippen LogP contribution in [-0.4, -0.2) is 88.4 Å². The largest absolute Gasteiger partial charge is 0.468 e. The third kappa shape index (κ3) is 6.51. The number of hydrogen-bond acceptors (Lipinski definition) is 7. The molecular formula is C12H22N2O5. The van der Waals surface area contributed by atoms with E-state index in [4.69, 9.17) is 4.74 Å². The second-order valence-corrected chi connectivity index (χ2v) is 4.32. The molecule has 0 spiro atoms. The van der Waals surface area contributed by atoms with Gasteiger partial charge in [-0.25, -0.2) is 0 Å². The molecule has 1 saturated heterocycles. The van der Waals surface area contributed by atoms with Crippen molar-refractivity contribution in [2.45, 2.75) is 0 Å². The molecule has 0 radical (unpaired) electrons. The quantitative estimate of drug-likeness (QED) is 0.550. The summed E-state index contributed by atoms with van der Waals surface area (Å²) in [5.74, 6) is -0.711. The molecule has 19 heavy (non-hydrogen) atoms. The van der Waals surface area contributed by atoms with Crippen LogP contribution in [0.5, 0.6) is 0 Å². The first-order valence-electron chi connectivity index (χ1n) is 6.31. The van der Waals surface area contributed by atoms with E-state index in [1.807, 2.05) is 0 Å². The molecular weight excluding hydrogens is 252 g/mol. The highest BCUT2D eigenvalue weighted by molar-refractivity contribution is 5.74. The van der Waals surface area contributed by atoms with Crippen molar-refractivity contribution < 1.29 is 23.8 Å². The predicted molar refractivity (Wildman–Crippen MR) is 67.7 cm³/mol. The summed E-state index contributed by atoms with van der Waals surface area (Å²) in [6, 6.07) is 0. The zero-order chi connectivity index (χ0) is 14.1. The van der Waals surface area contributed by atoms with Gasteiger partial charge in [0.1, 0.15) is 0 Å². The Bertz CT molecular complexity index is 274. The Kier molecular flexibility index (Phi) is 7.39. The van der Waals surface area contributed by atoms with Crippen molar-refractivity contribution in [3.05, 3.63) is 0 Å². The van der Waals surface area contributed by atoms with Crippen molar-refractivity contribution in [3.8, 4) is 0 Å². The van der Waals surface area contributed by atoms with Gasteiger partial charge >= 0.3 is 11.9 Å². The molecule has 0 unspecified atom stereocenters. The van der Waals surface area contributed by atoms with Crippen molar-refractivity contribution >= 4 is 11.9 Å². The molecule has 0 aromatic carbocycles. The van der Waals surface area contributed by atoms with E-state index in [0.717, 1.165) is 32.8 Å². The summed E-state index contributed by atoms with van der Waals surface area (Å²) in [4.78, 5) is 26.6. The molecule has 1 fully saturated rings. The van der Waals surface area contributed by atoms with Crippen molar-refractivity contribution in [2.24, 2.45) is 0 Å². The van der Waals surface area contributed by atoms with Crippen LogP contribution in [-0.2, 0) is 23.8 Å². The Morgan fingerprint density at radius 1 is 1.11 bits per heavy atom. The third-order valence-electron chi connectivity index (χ3n) is 3.00. The topological polar surface area (TPSA) is 68.3 Å². The van der Waals surface area contributed by atoms with E-state index >= 15 is 0 Å². The first-order valence-corrected chi connectivity index (χ1v) is 6.31. The van der Waals surface area contributed by atoms with Crippen molar-refractivity contribution in [1.29, 1.82) is 0 Å². The molecule has 0 aromatic rings. The predicted octanol–water partition coefficient (Wildman–Crippen LogP) is -1.03. The summed E-state index contributed by atoms with van der Waals surface area (Å²) in [5, 5.41) is 0.